The van der Waals surface area contributed by atoms with Crippen molar-refractivity contribution in [3.05, 3.63) is 12.7 Å². The van der Waals surface area contributed by atoms with E-state index in [0.717, 1.165) is 32.4 Å². The molecule has 0 aromatic heterocycles. The van der Waals surface area contributed by atoms with Crippen molar-refractivity contribution in [3.8, 4) is 0 Å². The van der Waals surface area contributed by atoms with E-state index < -0.39 is 0 Å². The van der Waals surface area contributed by atoms with Crippen molar-refractivity contribution in [1.29, 1.82) is 0 Å². The molecule has 1 atom stereocenters. The largest absolute Gasteiger partial charge is 0.393 e. The lowest BCUT2D eigenvalue weighted by Crippen LogP contribution is -2.17. The van der Waals surface area contributed by atoms with Crippen LogP contribution in [-0.2, 0) is 0 Å². The summed E-state index contributed by atoms with van der Waals surface area (Å²) < 4.78 is 0. The molecule has 0 saturated carbocycles. The molecule has 0 rings (SSSR count). The normalized spacial score (nSPS) is 12.7. The molecule has 0 aliphatic heterocycles. The van der Waals surface area contributed by atoms with Gasteiger partial charge in [-0.15, -0.1) is 6.58 Å². The molecule has 0 bridgehead atoms. The van der Waals surface area contributed by atoms with Crippen molar-refractivity contribution in [3.63, 3.8) is 0 Å². The number of hydrogen-bond donors (Lipinski definition) is 2. The summed E-state index contributed by atoms with van der Waals surface area (Å²) in [6.45, 7) is 7.68. The summed E-state index contributed by atoms with van der Waals surface area (Å²) >= 11 is 0. The van der Waals surface area contributed by atoms with Crippen LogP contribution < -0.4 is 5.32 Å². The van der Waals surface area contributed by atoms with Crippen molar-refractivity contribution in [2.75, 3.05) is 13.1 Å². The Labute approximate surface area is 88.4 Å². The molecule has 2 N–H and O–H groups in total. The Morgan fingerprint density at radius 3 is 2.57 bits per heavy atom. The quantitative estimate of drug-likeness (QED) is 0.418. The predicted octanol–water partition coefficient (Wildman–Crippen LogP) is 2.48. The number of unbranched alkanes of at least 4 members (excludes halogenated alkanes) is 3. The molecule has 0 aromatic rings. The molecule has 14 heavy (non-hydrogen) atoms. The van der Waals surface area contributed by atoms with Crippen molar-refractivity contribution in [2.24, 2.45) is 0 Å². The molecule has 0 aliphatic carbocycles. The lowest BCUT2D eigenvalue weighted by molar-refractivity contribution is 0.181. The molecule has 0 heterocycles. The molecule has 0 aliphatic rings. The van der Waals surface area contributed by atoms with Gasteiger partial charge in [-0.25, -0.2) is 0 Å². The summed E-state index contributed by atoms with van der Waals surface area (Å²) in [5, 5.41) is 12.4. The van der Waals surface area contributed by atoms with Gasteiger partial charge in [0.15, 0.2) is 0 Å². The minimum atomic E-state index is -0.149. The van der Waals surface area contributed by atoms with Gasteiger partial charge in [0.2, 0.25) is 0 Å². The first kappa shape index (κ1) is 13.7. The van der Waals surface area contributed by atoms with Crippen LogP contribution in [0.5, 0.6) is 0 Å². The Hall–Kier alpha value is -0.340. The number of aliphatic hydroxyl groups is 1. The molecule has 0 fully saturated rings. The second-order valence-corrected chi connectivity index (χ2v) is 3.88. The predicted molar refractivity (Wildman–Crippen MR) is 62.4 cm³/mol. The number of aliphatic hydroxyl groups excluding tert-OH is 1. The van der Waals surface area contributed by atoms with Crippen molar-refractivity contribution in [1.82, 2.24) is 5.32 Å². The van der Waals surface area contributed by atoms with Crippen molar-refractivity contribution in [2.45, 2.75) is 51.6 Å². The molecule has 0 saturated heterocycles. The van der Waals surface area contributed by atoms with Crippen LogP contribution in [0.3, 0.4) is 0 Å². The third-order valence-electron chi connectivity index (χ3n) is 2.24. The minimum absolute atomic E-state index is 0.149. The second kappa shape index (κ2) is 10.7. The SMILES string of the molecule is C=CCCCCCNCCCC(C)O. The van der Waals surface area contributed by atoms with Crippen LogP contribution in [-0.4, -0.2) is 24.3 Å². The molecule has 0 aromatic carbocycles. The molecular formula is C12H25NO. The maximum atomic E-state index is 9.02. The summed E-state index contributed by atoms with van der Waals surface area (Å²) in [7, 11) is 0. The number of allylic oxidation sites excluding steroid dienone is 1. The molecule has 0 spiro atoms. The smallest absolute Gasteiger partial charge is 0.0512 e. The lowest BCUT2D eigenvalue weighted by atomic mass is 10.2. The zero-order valence-electron chi connectivity index (χ0n) is 9.47. The van der Waals surface area contributed by atoms with Gasteiger partial charge in [-0.3, -0.25) is 0 Å². The van der Waals surface area contributed by atoms with Crippen molar-refractivity contribution < 1.29 is 5.11 Å². The number of rotatable bonds is 10. The van der Waals surface area contributed by atoms with Gasteiger partial charge in [0, 0.05) is 0 Å². The highest BCUT2D eigenvalue weighted by Crippen LogP contribution is 1.99. The highest BCUT2D eigenvalue weighted by atomic mass is 16.3. The summed E-state index contributed by atoms with van der Waals surface area (Å²) in [6.07, 6.45) is 8.76. The van der Waals surface area contributed by atoms with Gasteiger partial charge >= 0.3 is 0 Å². The summed E-state index contributed by atoms with van der Waals surface area (Å²) in [6, 6.07) is 0. The highest BCUT2D eigenvalue weighted by Gasteiger charge is 1.94. The number of nitrogens with one attached hydrogen (secondary N) is 1. The lowest BCUT2D eigenvalue weighted by Gasteiger charge is -2.05. The van der Waals surface area contributed by atoms with Gasteiger partial charge in [-0.2, -0.15) is 0 Å². The summed E-state index contributed by atoms with van der Waals surface area (Å²) in [4.78, 5) is 0. The van der Waals surface area contributed by atoms with Crippen LogP contribution in [0.2, 0.25) is 0 Å². The van der Waals surface area contributed by atoms with E-state index in [2.05, 4.69) is 11.9 Å². The fraction of sp³-hybridized carbons (Fsp3) is 0.833. The van der Waals surface area contributed by atoms with Gasteiger partial charge in [0.1, 0.15) is 0 Å². The Balaban J connectivity index is 2.88. The Bertz CT molecular complexity index is 123. The fourth-order valence-corrected chi connectivity index (χ4v) is 1.36. The first-order valence-corrected chi connectivity index (χ1v) is 5.77. The second-order valence-electron chi connectivity index (χ2n) is 3.88. The van der Waals surface area contributed by atoms with E-state index in [1.165, 1.54) is 19.3 Å². The topological polar surface area (TPSA) is 32.3 Å². The Morgan fingerprint density at radius 2 is 1.93 bits per heavy atom. The average molecular weight is 199 g/mol. The van der Waals surface area contributed by atoms with Crippen molar-refractivity contribution >= 4 is 0 Å². The van der Waals surface area contributed by atoms with E-state index in [9.17, 15) is 0 Å². The zero-order chi connectivity index (χ0) is 10.6. The van der Waals surface area contributed by atoms with E-state index >= 15 is 0 Å². The van der Waals surface area contributed by atoms with Crippen LogP contribution in [0.4, 0.5) is 0 Å². The van der Waals surface area contributed by atoms with Gasteiger partial charge in [0.05, 0.1) is 6.10 Å². The number of hydrogen-bond acceptors (Lipinski definition) is 2. The van der Waals surface area contributed by atoms with E-state index in [0.29, 0.717) is 0 Å². The van der Waals surface area contributed by atoms with Crippen LogP contribution in [0, 0.1) is 0 Å². The van der Waals surface area contributed by atoms with Gasteiger partial charge < -0.3 is 10.4 Å². The standard InChI is InChI=1S/C12H25NO/c1-3-4-5-6-7-10-13-11-8-9-12(2)14/h3,12-14H,1,4-11H2,2H3. The monoisotopic (exact) mass is 199 g/mol. The van der Waals surface area contributed by atoms with Crippen LogP contribution in [0.1, 0.15) is 45.4 Å². The third kappa shape index (κ3) is 11.7. The molecular weight excluding hydrogens is 174 g/mol. The first-order valence-electron chi connectivity index (χ1n) is 5.77. The van der Waals surface area contributed by atoms with Gasteiger partial charge in [-0.05, 0) is 52.1 Å². The fourth-order valence-electron chi connectivity index (χ4n) is 1.36. The summed E-state index contributed by atoms with van der Waals surface area (Å²) in [5.41, 5.74) is 0. The molecule has 2 nitrogen and oxygen atoms in total. The highest BCUT2D eigenvalue weighted by molar-refractivity contribution is 4.65. The zero-order valence-corrected chi connectivity index (χ0v) is 9.47. The van der Waals surface area contributed by atoms with Crippen LogP contribution in [0.15, 0.2) is 12.7 Å². The molecule has 2 heteroatoms. The van der Waals surface area contributed by atoms with E-state index in [4.69, 9.17) is 5.11 Å². The molecule has 0 amide bonds. The van der Waals surface area contributed by atoms with E-state index in [1.807, 2.05) is 13.0 Å². The summed E-state index contributed by atoms with van der Waals surface area (Å²) in [5.74, 6) is 0. The first-order chi connectivity index (χ1) is 6.77. The average Bonchev–Trinajstić information content (AvgIpc) is 2.15. The molecule has 84 valence electrons. The van der Waals surface area contributed by atoms with E-state index in [-0.39, 0.29) is 6.10 Å². The van der Waals surface area contributed by atoms with Crippen LogP contribution >= 0.6 is 0 Å². The van der Waals surface area contributed by atoms with Crippen LogP contribution in [0.25, 0.3) is 0 Å². The third-order valence-corrected chi connectivity index (χ3v) is 2.24. The maximum absolute atomic E-state index is 9.02. The van der Waals surface area contributed by atoms with Gasteiger partial charge in [-0.1, -0.05) is 12.5 Å². The molecule has 0 radical (unpaired) electrons. The Kier molecular flexibility index (Phi) is 10.5. The minimum Gasteiger partial charge on any atom is -0.393 e. The molecule has 1 unspecified atom stereocenters. The van der Waals surface area contributed by atoms with Gasteiger partial charge in [0.25, 0.3) is 0 Å². The van der Waals surface area contributed by atoms with E-state index in [1.54, 1.807) is 0 Å². The Morgan fingerprint density at radius 1 is 1.21 bits per heavy atom. The maximum Gasteiger partial charge on any atom is 0.0512 e.